The van der Waals surface area contributed by atoms with E-state index in [4.69, 9.17) is 5.73 Å². The molecule has 1 saturated carbocycles. The fourth-order valence-corrected chi connectivity index (χ4v) is 3.26. The highest BCUT2D eigenvalue weighted by atomic mass is 32.2. The van der Waals surface area contributed by atoms with Crippen molar-refractivity contribution in [1.29, 1.82) is 0 Å². The van der Waals surface area contributed by atoms with Gasteiger partial charge in [0.05, 0.1) is 5.92 Å². The van der Waals surface area contributed by atoms with Gasteiger partial charge in [-0.2, -0.15) is 24.9 Å². The second-order valence-electron chi connectivity index (χ2n) is 4.16. The lowest BCUT2D eigenvalue weighted by Gasteiger charge is -2.18. The van der Waals surface area contributed by atoms with Crippen LogP contribution in [0.1, 0.15) is 25.7 Å². The lowest BCUT2D eigenvalue weighted by molar-refractivity contribution is -0.165. The SMILES string of the molecule is NCC(CSCC1CCCC1)C(F)(F)F. The minimum Gasteiger partial charge on any atom is -0.330 e. The fraction of sp³-hybridized carbons (Fsp3) is 1.00. The molecule has 0 spiro atoms. The quantitative estimate of drug-likeness (QED) is 0.800. The maximum Gasteiger partial charge on any atom is 0.393 e. The summed E-state index contributed by atoms with van der Waals surface area (Å²) in [6.07, 6.45) is 0.728. The molecule has 0 aromatic carbocycles. The van der Waals surface area contributed by atoms with Crippen LogP contribution in [0.3, 0.4) is 0 Å². The van der Waals surface area contributed by atoms with Gasteiger partial charge in [0.25, 0.3) is 0 Å². The van der Waals surface area contributed by atoms with E-state index in [1.165, 1.54) is 37.4 Å². The molecule has 0 aromatic heterocycles. The summed E-state index contributed by atoms with van der Waals surface area (Å²) in [6, 6.07) is 0. The average molecular weight is 241 g/mol. The highest BCUT2D eigenvalue weighted by Gasteiger charge is 2.38. The Kier molecular flexibility index (Phi) is 5.26. The Morgan fingerprint density at radius 3 is 2.33 bits per heavy atom. The molecular weight excluding hydrogens is 223 g/mol. The van der Waals surface area contributed by atoms with Crippen LogP contribution in [0.4, 0.5) is 13.2 Å². The van der Waals surface area contributed by atoms with Gasteiger partial charge in [-0.1, -0.05) is 12.8 Å². The summed E-state index contributed by atoms with van der Waals surface area (Å²) < 4.78 is 37.0. The molecule has 0 aliphatic heterocycles. The molecule has 0 aromatic rings. The summed E-state index contributed by atoms with van der Waals surface area (Å²) in [5.41, 5.74) is 5.12. The second-order valence-corrected chi connectivity index (χ2v) is 5.24. The predicted molar refractivity (Wildman–Crippen MR) is 57.9 cm³/mol. The van der Waals surface area contributed by atoms with Crippen LogP contribution in [0.15, 0.2) is 0 Å². The summed E-state index contributed by atoms with van der Waals surface area (Å²) in [5, 5.41) is 0. The van der Waals surface area contributed by atoms with E-state index in [1.54, 1.807) is 0 Å². The fourth-order valence-electron chi connectivity index (χ4n) is 1.85. The van der Waals surface area contributed by atoms with Gasteiger partial charge >= 0.3 is 6.18 Å². The van der Waals surface area contributed by atoms with E-state index in [2.05, 4.69) is 0 Å². The van der Waals surface area contributed by atoms with Crippen molar-refractivity contribution in [1.82, 2.24) is 0 Å². The zero-order valence-corrected chi connectivity index (χ0v) is 9.54. The van der Waals surface area contributed by atoms with E-state index < -0.39 is 12.1 Å². The Morgan fingerprint density at radius 2 is 1.87 bits per heavy atom. The van der Waals surface area contributed by atoms with Gasteiger partial charge in [-0.25, -0.2) is 0 Å². The van der Waals surface area contributed by atoms with Gasteiger partial charge in [-0.15, -0.1) is 0 Å². The van der Waals surface area contributed by atoms with E-state index in [-0.39, 0.29) is 12.3 Å². The Labute approximate surface area is 93.0 Å². The Hall–Kier alpha value is 0.100. The van der Waals surface area contributed by atoms with Gasteiger partial charge in [0.1, 0.15) is 0 Å². The molecule has 0 saturated heterocycles. The smallest absolute Gasteiger partial charge is 0.330 e. The molecule has 1 rings (SSSR count). The Morgan fingerprint density at radius 1 is 1.27 bits per heavy atom. The van der Waals surface area contributed by atoms with Crippen LogP contribution in [0.5, 0.6) is 0 Å². The number of hydrogen-bond donors (Lipinski definition) is 1. The van der Waals surface area contributed by atoms with Crippen LogP contribution in [-0.2, 0) is 0 Å². The van der Waals surface area contributed by atoms with Crippen LogP contribution in [-0.4, -0.2) is 24.2 Å². The number of halogens is 3. The number of nitrogens with two attached hydrogens (primary N) is 1. The lowest BCUT2D eigenvalue weighted by Crippen LogP contribution is -2.32. The maximum absolute atomic E-state index is 12.3. The number of rotatable bonds is 5. The molecule has 2 N–H and O–H groups in total. The van der Waals surface area contributed by atoms with Gasteiger partial charge in [0.2, 0.25) is 0 Å². The molecule has 5 heteroatoms. The first kappa shape index (κ1) is 13.2. The molecule has 1 atom stereocenters. The van der Waals surface area contributed by atoms with Crippen LogP contribution >= 0.6 is 11.8 Å². The number of hydrogen-bond acceptors (Lipinski definition) is 2. The zero-order chi connectivity index (χ0) is 11.3. The molecule has 15 heavy (non-hydrogen) atoms. The number of alkyl halides is 3. The first-order valence-electron chi connectivity index (χ1n) is 5.38. The molecular formula is C10H18F3NS. The van der Waals surface area contributed by atoms with Gasteiger partial charge in [0, 0.05) is 12.3 Å². The van der Waals surface area contributed by atoms with Gasteiger partial charge in [-0.3, -0.25) is 0 Å². The van der Waals surface area contributed by atoms with Crippen LogP contribution < -0.4 is 5.73 Å². The van der Waals surface area contributed by atoms with Crippen LogP contribution in [0.2, 0.25) is 0 Å². The third-order valence-corrected chi connectivity index (χ3v) is 4.24. The van der Waals surface area contributed by atoms with E-state index in [1.807, 2.05) is 0 Å². The maximum atomic E-state index is 12.3. The molecule has 1 fully saturated rings. The lowest BCUT2D eigenvalue weighted by atomic mass is 10.1. The summed E-state index contributed by atoms with van der Waals surface area (Å²) >= 11 is 1.41. The van der Waals surface area contributed by atoms with Crippen molar-refractivity contribution in [3.05, 3.63) is 0 Å². The zero-order valence-electron chi connectivity index (χ0n) is 8.72. The normalized spacial score (nSPS) is 20.8. The highest BCUT2D eigenvalue weighted by molar-refractivity contribution is 7.99. The van der Waals surface area contributed by atoms with Crippen molar-refractivity contribution in [2.75, 3.05) is 18.1 Å². The molecule has 90 valence electrons. The van der Waals surface area contributed by atoms with E-state index >= 15 is 0 Å². The van der Waals surface area contributed by atoms with E-state index in [9.17, 15) is 13.2 Å². The molecule has 0 heterocycles. The summed E-state index contributed by atoms with van der Waals surface area (Å²) in [5.74, 6) is 0.300. The largest absolute Gasteiger partial charge is 0.393 e. The third kappa shape index (κ3) is 4.64. The van der Waals surface area contributed by atoms with E-state index in [0.29, 0.717) is 5.92 Å². The van der Waals surface area contributed by atoms with Crippen molar-refractivity contribution in [3.63, 3.8) is 0 Å². The molecule has 1 aliphatic carbocycles. The minimum atomic E-state index is -4.13. The summed E-state index contributed by atoms with van der Waals surface area (Å²) in [4.78, 5) is 0. The monoisotopic (exact) mass is 241 g/mol. The van der Waals surface area contributed by atoms with Crippen LogP contribution in [0, 0.1) is 11.8 Å². The molecule has 1 aliphatic rings. The Balaban J connectivity index is 2.16. The second kappa shape index (κ2) is 5.99. The molecule has 1 nitrogen and oxygen atoms in total. The first-order chi connectivity index (χ1) is 7.04. The Bertz CT molecular complexity index is 178. The van der Waals surface area contributed by atoms with Gasteiger partial charge in [-0.05, 0) is 24.5 Å². The van der Waals surface area contributed by atoms with E-state index in [0.717, 1.165) is 5.75 Å². The van der Waals surface area contributed by atoms with Crippen molar-refractivity contribution >= 4 is 11.8 Å². The minimum absolute atomic E-state index is 0.122. The van der Waals surface area contributed by atoms with Crippen LogP contribution in [0.25, 0.3) is 0 Å². The summed E-state index contributed by atoms with van der Waals surface area (Å²) in [7, 11) is 0. The average Bonchev–Trinajstić information content (AvgIpc) is 2.62. The van der Waals surface area contributed by atoms with Crippen molar-refractivity contribution in [2.24, 2.45) is 17.6 Å². The van der Waals surface area contributed by atoms with Gasteiger partial charge in [0.15, 0.2) is 0 Å². The van der Waals surface area contributed by atoms with Crippen molar-refractivity contribution < 1.29 is 13.2 Å². The van der Waals surface area contributed by atoms with Crippen molar-refractivity contribution in [2.45, 2.75) is 31.9 Å². The molecule has 0 radical (unpaired) electrons. The highest BCUT2D eigenvalue weighted by Crippen LogP contribution is 2.32. The van der Waals surface area contributed by atoms with Gasteiger partial charge < -0.3 is 5.73 Å². The standard InChI is InChI=1S/C10H18F3NS/c11-10(12,13)9(5-14)7-15-6-8-3-1-2-4-8/h8-9H,1-7,14H2. The molecule has 1 unspecified atom stereocenters. The molecule has 0 amide bonds. The summed E-state index contributed by atoms with van der Waals surface area (Å²) in [6.45, 7) is -0.291. The van der Waals surface area contributed by atoms with Crippen molar-refractivity contribution in [3.8, 4) is 0 Å². The first-order valence-corrected chi connectivity index (χ1v) is 6.54. The number of thioether (sulfide) groups is 1. The predicted octanol–water partition coefficient (Wildman–Crippen LogP) is 3.05. The third-order valence-electron chi connectivity index (χ3n) is 2.89. The topological polar surface area (TPSA) is 26.0 Å². The molecule has 0 bridgehead atoms.